The Bertz CT molecular complexity index is 643. The SMILES string of the molecule is Cc1cc(C)[c]([Sn+2][c]2c(C)cc(C)cc2C)c(C)c1.[CH-]1CCCC1.[CH-]1CCCC1.[Fe+2]. The minimum absolute atomic E-state index is 0. The first-order valence-electron chi connectivity index (χ1n) is 11.4. The van der Waals surface area contributed by atoms with Crippen LogP contribution in [-0.4, -0.2) is 21.1 Å². The Balaban J connectivity index is 0.000000333. The molecular weight excluding hydrogens is 511 g/mol. The van der Waals surface area contributed by atoms with Gasteiger partial charge in [0.15, 0.2) is 0 Å². The fourth-order valence-corrected chi connectivity index (χ4v) is 8.11. The Morgan fingerprint density at radius 2 is 0.800 bits per heavy atom. The molecule has 2 aliphatic carbocycles. The topological polar surface area (TPSA) is 0 Å². The molecule has 0 atom stereocenters. The van der Waals surface area contributed by atoms with E-state index in [2.05, 4.69) is 78.6 Å². The van der Waals surface area contributed by atoms with Crippen LogP contribution in [0, 0.1) is 54.4 Å². The monoisotopic (exact) mass is 552 g/mol. The van der Waals surface area contributed by atoms with Gasteiger partial charge in [-0.15, -0.1) is 0 Å². The Labute approximate surface area is 207 Å². The summed E-state index contributed by atoms with van der Waals surface area (Å²) in [7, 11) is 0. The molecule has 0 N–H and O–H groups in total. The van der Waals surface area contributed by atoms with E-state index in [4.69, 9.17) is 0 Å². The van der Waals surface area contributed by atoms with Gasteiger partial charge in [0, 0.05) is 0 Å². The third-order valence-corrected chi connectivity index (χ3v) is 11.7. The van der Waals surface area contributed by atoms with Crippen molar-refractivity contribution in [1.29, 1.82) is 0 Å². The summed E-state index contributed by atoms with van der Waals surface area (Å²) < 4.78 is 3.31. The zero-order chi connectivity index (χ0) is 21.2. The van der Waals surface area contributed by atoms with Crippen LogP contribution in [0.15, 0.2) is 24.3 Å². The molecule has 0 radical (unpaired) electrons. The van der Waals surface area contributed by atoms with E-state index in [0.717, 1.165) is 0 Å². The van der Waals surface area contributed by atoms with Crippen molar-refractivity contribution in [2.45, 2.75) is 92.9 Å². The first kappa shape index (κ1) is 27.8. The van der Waals surface area contributed by atoms with Crippen LogP contribution in [0.2, 0.25) is 0 Å². The van der Waals surface area contributed by atoms with Crippen LogP contribution < -0.4 is 7.16 Å². The van der Waals surface area contributed by atoms with Gasteiger partial charge in [-0.05, 0) is 0 Å². The van der Waals surface area contributed by atoms with Gasteiger partial charge in [0.25, 0.3) is 0 Å². The zero-order valence-corrected chi connectivity index (χ0v) is 23.9. The second-order valence-electron chi connectivity index (χ2n) is 8.82. The van der Waals surface area contributed by atoms with E-state index in [1.54, 1.807) is 7.16 Å². The van der Waals surface area contributed by atoms with Crippen LogP contribution in [0.25, 0.3) is 0 Å². The number of rotatable bonds is 2. The van der Waals surface area contributed by atoms with Crippen LogP contribution in [-0.2, 0) is 17.1 Å². The van der Waals surface area contributed by atoms with Gasteiger partial charge in [0.2, 0.25) is 0 Å². The molecule has 0 aromatic heterocycles. The van der Waals surface area contributed by atoms with Crippen molar-refractivity contribution >= 4 is 28.3 Å². The van der Waals surface area contributed by atoms with Crippen LogP contribution in [0.4, 0.5) is 0 Å². The van der Waals surface area contributed by atoms with E-state index in [-0.39, 0.29) is 17.1 Å². The van der Waals surface area contributed by atoms with Crippen molar-refractivity contribution in [3.63, 3.8) is 0 Å². The fourth-order valence-electron chi connectivity index (χ4n) is 4.32. The van der Waals surface area contributed by atoms with Gasteiger partial charge < -0.3 is 12.8 Å². The summed E-state index contributed by atoms with van der Waals surface area (Å²) in [6, 6.07) is 9.34. The zero-order valence-electron chi connectivity index (χ0n) is 20.0. The minimum Gasteiger partial charge on any atom is -0.328 e. The predicted octanol–water partition coefficient (Wildman–Crippen LogP) is 6.72. The van der Waals surface area contributed by atoms with E-state index in [1.165, 1.54) is 84.7 Å². The number of aryl methyl sites for hydroxylation is 6. The average molecular weight is 551 g/mol. The van der Waals surface area contributed by atoms with Crippen molar-refractivity contribution in [1.82, 2.24) is 0 Å². The molecule has 0 nitrogen and oxygen atoms in total. The second-order valence-corrected chi connectivity index (χ2v) is 12.4. The molecular formula is C28H40FeSn+2. The Hall–Kier alpha value is -0.242. The number of hydrogen-bond acceptors (Lipinski definition) is 0. The van der Waals surface area contributed by atoms with E-state index >= 15 is 0 Å². The molecule has 4 rings (SSSR count). The molecule has 0 spiro atoms. The minimum atomic E-state index is -0.703. The Morgan fingerprint density at radius 3 is 1.00 bits per heavy atom. The maximum Gasteiger partial charge on any atom is 2.00 e. The molecule has 2 aromatic carbocycles. The van der Waals surface area contributed by atoms with Gasteiger partial charge in [0.05, 0.1) is 0 Å². The van der Waals surface area contributed by atoms with Gasteiger partial charge in [-0.2, -0.15) is 25.7 Å². The summed E-state index contributed by atoms with van der Waals surface area (Å²) in [4.78, 5) is 0. The maximum atomic E-state index is 2.36. The molecule has 2 saturated carbocycles. The molecule has 2 aromatic rings. The largest absolute Gasteiger partial charge is 2.00 e. The molecule has 30 heavy (non-hydrogen) atoms. The Kier molecular flexibility index (Phi) is 13.7. The molecule has 0 amide bonds. The van der Waals surface area contributed by atoms with Crippen LogP contribution in [0.5, 0.6) is 0 Å². The summed E-state index contributed by atoms with van der Waals surface area (Å²) in [6.07, 6.45) is 16.0. The fraction of sp³-hybridized carbons (Fsp3) is 0.500. The van der Waals surface area contributed by atoms with Crippen molar-refractivity contribution in [2.24, 2.45) is 0 Å². The summed E-state index contributed by atoms with van der Waals surface area (Å²) in [5.41, 5.74) is 8.73. The maximum absolute atomic E-state index is 2.36. The predicted molar refractivity (Wildman–Crippen MR) is 132 cm³/mol. The average Bonchev–Trinajstić information content (AvgIpc) is 3.38. The van der Waals surface area contributed by atoms with E-state index < -0.39 is 21.1 Å². The standard InChI is InChI=1S/2C9H11.2C5H9.Fe.Sn/c2*1-7-4-8(2)6-9(3)5-7;2*1-2-4-5-3-1;;/h2*4-5H,1-3H3;2*1H,2-5H2;;/q;;2*-1;2*+2. The van der Waals surface area contributed by atoms with Gasteiger partial charge in [-0.3, -0.25) is 0 Å². The van der Waals surface area contributed by atoms with Gasteiger partial charge in [-0.1, -0.05) is 25.7 Å². The van der Waals surface area contributed by atoms with Crippen molar-refractivity contribution in [2.75, 3.05) is 0 Å². The smallest absolute Gasteiger partial charge is 0.328 e. The molecule has 2 aliphatic rings. The summed E-state index contributed by atoms with van der Waals surface area (Å²) >= 11 is -0.703. The van der Waals surface area contributed by atoms with Crippen LogP contribution in [0.3, 0.4) is 0 Å². The first-order valence-corrected chi connectivity index (χ1v) is 14.3. The quantitative estimate of drug-likeness (QED) is 0.288. The van der Waals surface area contributed by atoms with Gasteiger partial charge in [-0.25, -0.2) is 0 Å². The number of hydrogen-bond donors (Lipinski definition) is 0. The molecule has 0 heterocycles. The third-order valence-electron chi connectivity index (χ3n) is 5.74. The molecule has 0 unspecified atom stereocenters. The number of benzene rings is 2. The van der Waals surface area contributed by atoms with Gasteiger partial charge in [0.1, 0.15) is 0 Å². The summed E-state index contributed by atoms with van der Waals surface area (Å²) in [5, 5.41) is 0. The molecule has 2 heteroatoms. The van der Waals surface area contributed by atoms with Crippen molar-refractivity contribution in [3.05, 3.63) is 70.5 Å². The first-order chi connectivity index (χ1) is 13.9. The third kappa shape index (κ3) is 9.49. The van der Waals surface area contributed by atoms with Crippen LogP contribution >= 0.6 is 0 Å². The van der Waals surface area contributed by atoms with Gasteiger partial charge >= 0.3 is 145 Å². The van der Waals surface area contributed by atoms with E-state index in [9.17, 15) is 0 Å². The summed E-state index contributed by atoms with van der Waals surface area (Å²) in [5.74, 6) is 0. The van der Waals surface area contributed by atoms with E-state index in [0.29, 0.717) is 0 Å². The van der Waals surface area contributed by atoms with Crippen LogP contribution in [0.1, 0.15) is 84.7 Å². The van der Waals surface area contributed by atoms with Crippen molar-refractivity contribution in [3.8, 4) is 0 Å². The molecule has 0 bridgehead atoms. The second kappa shape index (κ2) is 14.8. The molecule has 0 aliphatic heterocycles. The molecule has 162 valence electrons. The van der Waals surface area contributed by atoms with Crippen molar-refractivity contribution < 1.29 is 17.1 Å². The molecule has 2 fully saturated rings. The summed E-state index contributed by atoms with van der Waals surface area (Å²) in [6.45, 7) is 13.5. The van der Waals surface area contributed by atoms with E-state index in [1.807, 2.05) is 0 Å². The molecule has 0 saturated heterocycles. The Morgan fingerprint density at radius 1 is 0.533 bits per heavy atom. The normalized spacial score (nSPS) is 14.6.